The van der Waals surface area contributed by atoms with Gasteiger partial charge in [0, 0.05) is 41.7 Å². The topological polar surface area (TPSA) is 103 Å². The van der Waals surface area contributed by atoms with Gasteiger partial charge in [0.15, 0.2) is 0 Å². The molecule has 5 rings (SSSR count). The molecule has 3 heterocycles. The Morgan fingerprint density at radius 2 is 1.91 bits per heavy atom. The van der Waals surface area contributed by atoms with Crippen molar-refractivity contribution in [2.45, 2.75) is 25.8 Å². The van der Waals surface area contributed by atoms with Gasteiger partial charge in [-0.3, -0.25) is 14.5 Å². The monoisotopic (exact) mass is 450 g/mol. The number of carbonyl (C=O) groups excluding carboxylic acids is 2. The molecule has 0 aliphatic heterocycles. The van der Waals surface area contributed by atoms with Crippen molar-refractivity contribution in [2.24, 2.45) is 0 Å². The van der Waals surface area contributed by atoms with Gasteiger partial charge in [-0.1, -0.05) is 12.1 Å². The lowest BCUT2D eigenvalue weighted by atomic mass is 10.0. The number of hydrogen-bond donors (Lipinski definition) is 1. The van der Waals surface area contributed by atoms with Gasteiger partial charge < -0.3 is 5.32 Å². The van der Waals surface area contributed by atoms with Crippen molar-refractivity contribution < 1.29 is 9.59 Å². The van der Waals surface area contributed by atoms with Crippen LogP contribution in [-0.4, -0.2) is 39.0 Å². The molecule has 1 N–H and O–H groups in total. The molecule has 1 aliphatic rings. The second kappa shape index (κ2) is 8.79. The van der Waals surface area contributed by atoms with Gasteiger partial charge in [-0.25, -0.2) is 9.50 Å². The summed E-state index contributed by atoms with van der Waals surface area (Å²) in [6.45, 7) is 2.45. The van der Waals surface area contributed by atoms with Crippen LogP contribution in [0.5, 0.6) is 0 Å². The zero-order chi connectivity index (χ0) is 23.7. The number of rotatable bonds is 6. The van der Waals surface area contributed by atoms with E-state index in [4.69, 9.17) is 5.26 Å². The van der Waals surface area contributed by atoms with E-state index >= 15 is 0 Å². The van der Waals surface area contributed by atoms with Crippen LogP contribution >= 0.6 is 0 Å². The number of amides is 2. The fourth-order valence-corrected chi connectivity index (χ4v) is 3.92. The summed E-state index contributed by atoms with van der Waals surface area (Å²) in [6, 6.07) is 16.5. The van der Waals surface area contributed by atoms with E-state index in [1.165, 1.54) is 6.20 Å². The van der Waals surface area contributed by atoms with Crippen LogP contribution in [0.25, 0.3) is 16.6 Å². The minimum Gasteiger partial charge on any atom is -0.352 e. The number of nitriles is 1. The maximum Gasteiger partial charge on any atom is 0.259 e. The molecule has 0 spiro atoms. The van der Waals surface area contributed by atoms with Gasteiger partial charge in [-0.15, -0.1) is 0 Å². The second-order valence-corrected chi connectivity index (χ2v) is 8.16. The van der Waals surface area contributed by atoms with Crippen LogP contribution in [0.1, 0.15) is 46.0 Å². The molecule has 8 heteroatoms. The van der Waals surface area contributed by atoms with Crippen molar-refractivity contribution in [3.8, 4) is 17.2 Å². The van der Waals surface area contributed by atoms with E-state index in [0.29, 0.717) is 29.1 Å². The molecule has 1 aromatic carbocycles. The van der Waals surface area contributed by atoms with Gasteiger partial charge in [-0.2, -0.15) is 10.4 Å². The van der Waals surface area contributed by atoms with Crippen LogP contribution in [0.15, 0.2) is 67.1 Å². The fourth-order valence-electron chi connectivity index (χ4n) is 3.92. The van der Waals surface area contributed by atoms with Gasteiger partial charge in [0.1, 0.15) is 11.9 Å². The van der Waals surface area contributed by atoms with E-state index in [-0.39, 0.29) is 17.9 Å². The molecule has 1 saturated carbocycles. The van der Waals surface area contributed by atoms with Crippen molar-refractivity contribution in [3.63, 3.8) is 0 Å². The zero-order valence-corrected chi connectivity index (χ0v) is 18.6. The molecular formula is C26H22N6O2. The molecule has 34 heavy (non-hydrogen) atoms. The number of fused-ring (bicyclic) bond motifs is 1. The summed E-state index contributed by atoms with van der Waals surface area (Å²) in [6.07, 6.45) is 6.86. The minimum absolute atomic E-state index is 0.107. The van der Waals surface area contributed by atoms with Gasteiger partial charge in [0.2, 0.25) is 0 Å². The molecule has 3 aromatic heterocycles. The molecule has 0 unspecified atom stereocenters. The summed E-state index contributed by atoms with van der Waals surface area (Å²) in [5.41, 5.74) is 4.14. The first-order valence-electron chi connectivity index (χ1n) is 11.1. The van der Waals surface area contributed by atoms with E-state index < -0.39 is 0 Å². The van der Waals surface area contributed by atoms with Crippen LogP contribution in [0.2, 0.25) is 0 Å². The van der Waals surface area contributed by atoms with Gasteiger partial charge in [0.05, 0.1) is 17.3 Å². The molecule has 2 amide bonds. The first kappa shape index (κ1) is 21.3. The molecule has 0 saturated heterocycles. The lowest BCUT2D eigenvalue weighted by Gasteiger charge is -2.21. The van der Waals surface area contributed by atoms with Crippen molar-refractivity contribution in [2.75, 3.05) is 11.4 Å². The number of anilines is 1. The van der Waals surface area contributed by atoms with Crippen molar-refractivity contribution in [1.82, 2.24) is 19.9 Å². The Labute approximate surface area is 196 Å². The van der Waals surface area contributed by atoms with Gasteiger partial charge in [-0.05, 0) is 61.7 Å². The number of benzene rings is 1. The van der Waals surface area contributed by atoms with E-state index in [2.05, 4.69) is 21.5 Å². The third kappa shape index (κ3) is 3.99. The molecule has 1 fully saturated rings. The van der Waals surface area contributed by atoms with Crippen LogP contribution in [0, 0.1) is 11.3 Å². The minimum atomic E-state index is -0.138. The van der Waals surface area contributed by atoms with E-state index in [0.717, 1.165) is 29.5 Å². The average molecular weight is 451 g/mol. The van der Waals surface area contributed by atoms with E-state index in [1.54, 1.807) is 52.1 Å². The maximum atomic E-state index is 13.5. The summed E-state index contributed by atoms with van der Waals surface area (Å²) in [5, 5.41) is 16.3. The highest BCUT2D eigenvalue weighted by Gasteiger charge is 2.35. The number of carbonyl (C=O) groups is 2. The molecule has 0 radical (unpaired) electrons. The Morgan fingerprint density at radius 3 is 2.56 bits per heavy atom. The first-order valence-corrected chi connectivity index (χ1v) is 11.1. The Bertz CT molecular complexity index is 1410. The Morgan fingerprint density at radius 1 is 1.12 bits per heavy atom. The van der Waals surface area contributed by atoms with Gasteiger partial charge >= 0.3 is 0 Å². The number of nitrogens with one attached hydrogen (secondary N) is 1. The lowest BCUT2D eigenvalue weighted by molar-refractivity contribution is 0.0953. The number of nitrogens with zero attached hydrogens (tertiary/aromatic N) is 5. The smallest absolute Gasteiger partial charge is 0.259 e. The molecule has 0 atom stereocenters. The van der Waals surface area contributed by atoms with Crippen LogP contribution in [0.4, 0.5) is 5.82 Å². The molecule has 0 bridgehead atoms. The third-order valence-corrected chi connectivity index (χ3v) is 5.82. The van der Waals surface area contributed by atoms with Crippen molar-refractivity contribution in [1.29, 1.82) is 5.26 Å². The predicted molar refractivity (Wildman–Crippen MR) is 127 cm³/mol. The fraction of sp³-hybridized carbons (Fsp3) is 0.192. The summed E-state index contributed by atoms with van der Waals surface area (Å²) in [7, 11) is 0. The highest BCUT2D eigenvalue weighted by molar-refractivity contribution is 6.07. The van der Waals surface area contributed by atoms with Gasteiger partial charge in [0.25, 0.3) is 11.8 Å². The highest BCUT2D eigenvalue weighted by Crippen LogP contribution is 2.33. The van der Waals surface area contributed by atoms with Crippen LogP contribution < -0.4 is 10.2 Å². The summed E-state index contributed by atoms with van der Waals surface area (Å²) in [5.74, 6) is 0.292. The quantitative estimate of drug-likeness (QED) is 0.481. The number of hydrogen-bond acceptors (Lipinski definition) is 5. The average Bonchev–Trinajstić information content (AvgIpc) is 3.62. The number of pyridine rings is 2. The molecular weight excluding hydrogens is 428 g/mol. The normalized spacial score (nSPS) is 12.8. The predicted octanol–water partition coefficient (Wildman–Crippen LogP) is 3.83. The van der Waals surface area contributed by atoms with Crippen LogP contribution in [0.3, 0.4) is 0 Å². The molecule has 1 aliphatic carbocycles. The largest absolute Gasteiger partial charge is 0.352 e. The third-order valence-electron chi connectivity index (χ3n) is 5.82. The van der Waals surface area contributed by atoms with Crippen molar-refractivity contribution in [3.05, 3.63) is 83.8 Å². The van der Waals surface area contributed by atoms with Crippen LogP contribution in [-0.2, 0) is 0 Å². The lowest BCUT2D eigenvalue weighted by Crippen LogP contribution is -2.33. The van der Waals surface area contributed by atoms with E-state index in [1.807, 2.05) is 25.1 Å². The molecule has 168 valence electrons. The zero-order valence-electron chi connectivity index (χ0n) is 18.6. The Kier molecular flexibility index (Phi) is 5.52. The second-order valence-electron chi connectivity index (χ2n) is 8.16. The summed E-state index contributed by atoms with van der Waals surface area (Å²) < 4.78 is 1.73. The summed E-state index contributed by atoms with van der Waals surface area (Å²) >= 11 is 0. The SMILES string of the molecule is CCNC(=O)c1ccc(-c2cnn3ccc(C(=O)N(c4ccc(C#N)cn4)C4CC4)cc23)cc1. The number of aromatic nitrogens is 3. The Hall–Kier alpha value is -4.51. The van der Waals surface area contributed by atoms with Crippen molar-refractivity contribution >= 4 is 23.1 Å². The first-order chi connectivity index (χ1) is 16.6. The standard InChI is InChI=1S/C26H22N6O2/c1-2-28-25(33)19-6-4-18(5-7-19)22-16-30-31-12-11-20(13-23(22)31)26(34)32(21-8-9-21)24-10-3-17(14-27)15-29-24/h3-7,10-13,15-16,21H,2,8-9H2,1H3,(H,28,33). The Balaban J connectivity index is 1.48. The molecule has 8 nitrogen and oxygen atoms in total. The molecule has 4 aromatic rings. The highest BCUT2D eigenvalue weighted by atomic mass is 16.2. The summed E-state index contributed by atoms with van der Waals surface area (Å²) in [4.78, 5) is 31.6. The van der Waals surface area contributed by atoms with E-state index in [9.17, 15) is 9.59 Å². The maximum absolute atomic E-state index is 13.5.